The lowest BCUT2D eigenvalue weighted by atomic mass is 10.3. The van der Waals surface area contributed by atoms with Gasteiger partial charge >= 0.3 is 5.69 Å². The molecule has 0 aliphatic heterocycles. The zero-order chi connectivity index (χ0) is 21.6. The van der Waals surface area contributed by atoms with E-state index < -0.39 is 23.7 Å². The first-order chi connectivity index (χ1) is 14.3. The summed E-state index contributed by atoms with van der Waals surface area (Å²) in [4.78, 5) is 42.2. The largest absolute Gasteiger partial charge is 0.332 e. The van der Waals surface area contributed by atoms with Crippen LogP contribution in [0.4, 0.5) is 5.82 Å². The number of rotatable bonds is 4. The van der Waals surface area contributed by atoms with Crippen molar-refractivity contribution < 1.29 is 4.79 Å². The summed E-state index contributed by atoms with van der Waals surface area (Å²) in [6.45, 7) is 1.33. The minimum atomic E-state index is -0.624. The van der Waals surface area contributed by atoms with Crippen LogP contribution < -0.4 is 16.6 Å². The average molecular weight is 428 g/mol. The number of carbonyl (C=O) groups excluding carboxylic acids is 1. The molecule has 0 atom stereocenters. The van der Waals surface area contributed by atoms with Gasteiger partial charge in [0.1, 0.15) is 12.4 Å². The van der Waals surface area contributed by atoms with Crippen LogP contribution in [0.2, 0.25) is 5.02 Å². The maximum atomic E-state index is 12.8. The Morgan fingerprint density at radius 3 is 2.70 bits per heavy atom. The van der Waals surface area contributed by atoms with E-state index in [-0.39, 0.29) is 11.2 Å². The Kier molecular flexibility index (Phi) is 4.78. The van der Waals surface area contributed by atoms with Crippen molar-refractivity contribution in [2.45, 2.75) is 13.5 Å². The summed E-state index contributed by atoms with van der Waals surface area (Å²) in [6, 6.07) is 8.69. The standard InChI is InChI=1S/C19H18ClN7O3/c1-11-7-14(27(23-11)13-6-4-5-12(20)8-13)22-15(28)9-26-18(29)16-17(21-10-24(16)2)25(3)19(26)30/h4-8,10H,9H2,1-3H3,(H,22,28). The number of hydrogen-bond acceptors (Lipinski definition) is 5. The highest BCUT2D eigenvalue weighted by atomic mass is 35.5. The Balaban J connectivity index is 1.68. The highest BCUT2D eigenvalue weighted by Gasteiger charge is 2.18. The van der Waals surface area contributed by atoms with E-state index in [9.17, 15) is 14.4 Å². The Bertz CT molecular complexity index is 1410. The van der Waals surface area contributed by atoms with Crippen molar-refractivity contribution in [2.75, 3.05) is 5.32 Å². The molecule has 154 valence electrons. The van der Waals surface area contributed by atoms with Crippen molar-refractivity contribution in [1.29, 1.82) is 0 Å². The van der Waals surface area contributed by atoms with E-state index in [1.807, 2.05) is 0 Å². The predicted octanol–water partition coefficient (Wildman–Crippen LogP) is 1.22. The van der Waals surface area contributed by atoms with Crippen LogP contribution in [-0.4, -0.2) is 34.4 Å². The number of hydrogen-bond donors (Lipinski definition) is 1. The zero-order valence-electron chi connectivity index (χ0n) is 16.5. The topological polar surface area (TPSA) is 109 Å². The number of fused-ring (bicyclic) bond motifs is 1. The number of aromatic nitrogens is 6. The average Bonchev–Trinajstić information content (AvgIpc) is 3.26. The normalized spacial score (nSPS) is 11.2. The maximum Gasteiger partial charge on any atom is 0.332 e. The molecule has 0 aliphatic rings. The summed E-state index contributed by atoms with van der Waals surface area (Å²) in [5.74, 6) is -0.148. The van der Waals surface area contributed by atoms with Gasteiger partial charge in [-0.25, -0.2) is 19.0 Å². The van der Waals surface area contributed by atoms with Gasteiger partial charge in [0, 0.05) is 25.2 Å². The molecule has 0 bridgehead atoms. The first kappa shape index (κ1) is 19.6. The number of nitrogens with one attached hydrogen (secondary N) is 1. The minimum absolute atomic E-state index is 0.240. The number of imidazole rings is 1. The second-order valence-corrected chi connectivity index (χ2v) is 7.31. The van der Waals surface area contributed by atoms with Gasteiger partial charge in [0.25, 0.3) is 5.56 Å². The molecule has 1 N–H and O–H groups in total. The number of aryl methyl sites for hydroxylation is 3. The maximum absolute atomic E-state index is 12.8. The van der Waals surface area contributed by atoms with Crippen LogP contribution in [-0.2, 0) is 25.4 Å². The van der Waals surface area contributed by atoms with Crippen LogP contribution >= 0.6 is 11.6 Å². The molecule has 1 aromatic carbocycles. The van der Waals surface area contributed by atoms with Crippen molar-refractivity contribution in [3.8, 4) is 5.69 Å². The lowest BCUT2D eigenvalue weighted by molar-refractivity contribution is -0.116. The predicted molar refractivity (Wildman–Crippen MR) is 112 cm³/mol. The number of amides is 1. The van der Waals surface area contributed by atoms with Crippen LogP contribution in [0.5, 0.6) is 0 Å². The van der Waals surface area contributed by atoms with Gasteiger partial charge in [-0.1, -0.05) is 17.7 Å². The summed E-state index contributed by atoms with van der Waals surface area (Å²) in [7, 11) is 3.15. The molecule has 0 saturated carbocycles. The Morgan fingerprint density at radius 2 is 1.97 bits per heavy atom. The Morgan fingerprint density at radius 1 is 1.20 bits per heavy atom. The number of halogens is 1. The van der Waals surface area contributed by atoms with Crippen LogP contribution in [0, 0.1) is 6.92 Å². The number of nitrogens with zero attached hydrogens (tertiary/aromatic N) is 6. The molecule has 0 radical (unpaired) electrons. The Labute approximate surface area is 174 Å². The smallest absolute Gasteiger partial charge is 0.328 e. The molecule has 0 saturated heterocycles. The molecule has 4 rings (SSSR count). The third-order valence-electron chi connectivity index (χ3n) is 4.65. The van der Waals surface area contributed by atoms with Gasteiger partial charge < -0.3 is 9.88 Å². The first-order valence-electron chi connectivity index (χ1n) is 8.99. The molecule has 0 fully saturated rings. The molecule has 3 heterocycles. The summed E-state index contributed by atoms with van der Waals surface area (Å²) < 4.78 is 5.17. The number of anilines is 1. The molecular formula is C19H18ClN7O3. The van der Waals surface area contributed by atoms with Gasteiger partial charge in [-0.15, -0.1) is 0 Å². The van der Waals surface area contributed by atoms with E-state index in [2.05, 4.69) is 15.4 Å². The fraction of sp³-hybridized carbons (Fsp3) is 0.211. The molecular weight excluding hydrogens is 410 g/mol. The van der Waals surface area contributed by atoms with Gasteiger partial charge in [-0.2, -0.15) is 5.10 Å². The quantitative estimate of drug-likeness (QED) is 0.526. The molecule has 0 spiro atoms. The summed E-state index contributed by atoms with van der Waals surface area (Å²) in [5.41, 5.74) is 0.636. The minimum Gasteiger partial charge on any atom is -0.328 e. The van der Waals surface area contributed by atoms with Crippen LogP contribution in [0.1, 0.15) is 5.69 Å². The van der Waals surface area contributed by atoms with Gasteiger partial charge in [0.05, 0.1) is 17.7 Å². The van der Waals surface area contributed by atoms with Gasteiger partial charge in [0.15, 0.2) is 11.2 Å². The molecule has 0 unspecified atom stereocenters. The van der Waals surface area contributed by atoms with Crippen molar-refractivity contribution in [3.05, 3.63) is 68.2 Å². The molecule has 30 heavy (non-hydrogen) atoms. The van der Waals surface area contributed by atoms with Crippen LogP contribution in [0.15, 0.2) is 46.2 Å². The van der Waals surface area contributed by atoms with Crippen molar-refractivity contribution in [2.24, 2.45) is 14.1 Å². The van der Waals surface area contributed by atoms with Crippen molar-refractivity contribution in [3.63, 3.8) is 0 Å². The molecule has 1 amide bonds. The lowest BCUT2D eigenvalue weighted by Gasteiger charge is -2.11. The Hall–Kier alpha value is -3.66. The summed E-state index contributed by atoms with van der Waals surface area (Å²) >= 11 is 6.06. The van der Waals surface area contributed by atoms with E-state index in [0.717, 1.165) is 4.57 Å². The second kappa shape index (κ2) is 7.30. The zero-order valence-corrected chi connectivity index (χ0v) is 17.2. The highest BCUT2D eigenvalue weighted by molar-refractivity contribution is 6.30. The first-order valence-corrected chi connectivity index (χ1v) is 9.37. The second-order valence-electron chi connectivity index (χ2n) is 6.87. The van der Waals surface area contributed by atoms with Gasteiger partial charge in [-0.3, -0.25) is 14.2 Å². The van der Waals surface area contributed by atoms with Gasteiger partial charge in [-0.05, 0) is 25.1 Å². The van der Waals surface area contributed by atoms with E-state index in [1.54, 1.807) is 44.3 Å². The molecule has 11 heteroatoms. The molecule has 4 aromatic rings. The fourth-order valence-electron chi connectivity index (χ4n) is 3.25. The summed E-state index contributed by atoms with van der Waals surface area (Å²) in [5, 5.41) is 7.62. The number of benzene rings is 1. The van der Waals surface area contributed by atoms with Crippen LogP contribution in [0.25, 0.3) is 16.9 Å². The van der Waals surface area contributed by atoms with Gasteiger partial charge in [0.2, 0.25) is 5.91 Å². The molecule has 0 aliphatic carbocycles. The van der Waals surface area contributed by atoms with E-state index >= 15 is 0 Å². The molecule has 10 nitrogen and oxygen atoms in total. The van der Waals surface area contributed by atoms with E-state index in [1.165, 1.54) is 27.2 Å². The third kappa shape index (κ3) is 3.30. The summed E-state index contributed by atoms with van der Waals surface area (Å²) in [6.07, 6.45) is 1.45. The van der Waals surface area contributed by atoms with E-state index in [4.69, 9.17) is 11.6 Å². The van der Waals surface area contributed by atoms with Crippen molar-refractivity contribution in [1.82, 2.24) is 28.5 Å². The van der Waals surface area contributed by atoms with Crippen LogP contribution in [0.3, 0.4) is 0 Å². The van der Waals surface area contributed by atoms with E-state index in [0.29, 0.717) is 22.2 Å². The monoisotopic (exact) mass is 427 g/mol. The lowest BCUT2D eigenvalue weighted by Crippen LogP contribution is -2.42. The molecule has 3 aromatic heterocycles. The highest BCUT2D eigenvalue weighted by Crippen LogP contribution is 2.20. The number of carbonyl (C=O) groups is 1. The third-order valence-corrected chi connectivity index (χ3v) is 4.89. The fourth-order valence-corrected chi connectivity index (χ4v) is 3.44. The van der Waals surface area contributed by atoms with Crippen molar-refractivity contribution >= 4 is 34.5 Å². The SMILES string of the molecule is Cc1cc(NC(=O)Cn2c(=O)c3c(ncn3C)n(C)c2=O)n(-c2cccc(Cl)c2)n1.